The number of hydrogen-bond acceptors (Lipinski definition) is 3. The maximum absolute atomic E-state index is 12.8. The van der Waals surface area contributed by atoms with Gasteiger partial charge in [-0.2, -0.15) is 0 Å². The SMILES string of the molecule is O=C(Cn1c(-c2ccccc2)cc2ccccc21)NCCCN1C(=O)NC2(CCCC2)C1=O. The lowest BCUT2D eigenvalue weighted by Gasteiger charge is -2.20. The van der Waals surface area contributed by atoms with Crippen LogP contribution in [0.2, 0.25) is 0 Å². The van der Waals surface area contributed by atoms with Crippen LogP contribution in [0.5, 0.6) is 0 Å². The first-order chi connectivity index (χ1) is 16.1. The summed E-state index contributed by atoms with van der Waals surface area (Å²) in [7, 11) is 0. The van der Waals surface area contributed by atoms with Gasteiger partial charge in [0.25, 0.3) is 5.91 Å². The minimum atomic E-state index is -0.677. The fourth-order valence-corrected chi connectivity index (χ4v) is 5.09. The zero-order valence-electron chi connectivity index (χ0n) is 18.5. The monoisotopic (exact) mass is 444 g/mol. The van der Waals surface area contributed by atoms with E-state index < -0.39 is 5.54 Å². The number of hydrogen-bond donors (Lipinski definition) is 2. The number of fused-ring (bicyclic) bond motifs is 1. The molecule has 2 N–H and O–H groups in total. The molecule has 5 rings (SSSR count). The number of benzene rings is 2. The highest BCUT2D eigenvalue weighted by molar-refractivity contribution is 6.07. The van der Waals surface area contributed by atoms with E-state index in [9.17, 15) is 14.4 Å². The first kappa shape index (κ1) is 21.2. The van der Waals surface area contributed by atoms with Crippen LogP contribution in [0, 0.1) is 0 Å². The molecule has 0 bridgehead atoms. The normalized spacial score (nSPS) is 17.2. The highest BCUT2D eigenvalue weighted by Crippen LogP contribution is 2.35. The number of carbonyl (C=O) groups is 3. The quantitative estimate of drug-likeness (QED) is 0.431. The molecule has 0 unspecified atom stereocenters. The Balaban J connectivity index is 1.21. The summed E-state index contributed by atoms with van der Waals surface area (Å²) in [6.07, 6.45) is 3.90. The lowest BCUT2D eigenvalue weighted by molar-refractivity contribution is -0.131. The third-order valence-electron chi connectivity index (χ3n) is 6.77. The predicted molar refractivity (Wildman–Crippen MR) is 126 cm³/mol. The van der Waals surface area contributed by atoms with Gasteiger partial charge in [-0.15, -0.1) is 0 Å². The van der Waals surface area contributed by atoms with Gasteiger partial charge in [-0.05, 0) is 37.0 Å². The largest absolute Gasteiger partial charge is 0.354 e. The number of aromatic nitrogens is 1. The molecule has 1 saturated carbocycles. The first-order valence-electron chi connectivity index (χ1n) is 11.6. The van der Waals surface area contributed by atoms with E-state index in [-0.39, 0.29) is 24.4 Å². The van der Waals surface area contributed by atoms with Crippen molar-refractivity contribution in [2.75, 3.05) is 13.1 Å². The van der Waals surface area contributed by atoms with Gasteiger partial charge in [0.05, 0.1) is 0 Å². The average Bonchev–Trinajstić information content (AvgIpc) is 3.50. The lowest BCUT2D eigenvalue weighted by Crippen LogP contribution is -2.44. The highest BCUT2D eigenvalue weighted by Gasteiger charge is 2.51. The van der Waals surface area contributed by atoms with Gasteiger partial charge >= 0.3 is 6.03 Å². The van der Waals surface area contributed by atoms with Gasteiger partial charge in [-0.25, -0.2) is 4.79 Å². The van der Waals surface area contributed by atoms with E-state index in [2.05, 4.69) is 16.7 Å². The van der Waals surface area contributed by atoms with Gasteiger partial charge in [0.2, 0.25) is 5.91 Å². The number of nitrogens with one attached hydrogen (secondary N) is 2. The fraction of sp³-hybridized carbons (Fsp3) is 0.346. The van der Waals surface area contributed by atoms with Crippen molar-refractivity contribution in [1.82, 2.24) is 20.1 Å². The molecule has 1 aliphatic heterocycles. The van der Waals surface area contributed by atoms with Gasteiger partial charge in [-0.3, -0.25) is 14.5 Å². The Bertz CT molecular complexity index is 1190. The van der Waals surface area contributed by atoms with E-state index in [0.29, 0.717) is 19.5 Å². The summed E-state index contributed by atoms with van der Waals surface area (Å²) in [5.41, 5.74) is 2.38. The molecule has 3 aromatic rings. The van der Waals surface area contributed by atoms with Crippen molar-refractivity contribution in [2.45, 2.75) is 44.2 Å². The Labute approximate surface area is 192 Å². The van der Waals surface area contributed by atoms with E-state index in [4.69, 9.17) is 0 Å². The summed E-state index contributed by atoms with van der Waals surface area (Å²) in [4.78, 5) is 39.1. The van der Waals surface area contributed by atoms with Crippen LogP contribution in [0.3, 0.4) is 0 Å². The summed E-state index contributed by atoms with van der Waals surface area (Å²) in [5, 5.41) is 6.93. The van der Waals surface area contributed by atoms with Crippen LogP contribution >= 0.6 is 0 Å². The molecule has 33 heavy (non-hydrogen) atoms. The van der Waals surface area contributed by atoms with Crippen LogP contribution in [0.15, 0.2) is 60.7 Å². The van der Waals surface area contributed by atoms with Gasteiger partial charge < -0.3 is 15.2 Å². The number of carbonyl (C=O) groups excluding carboxylic acids is 3. The third kappa shape index (κ3) is 3.99. The summed E-state index contributed by atoms with van der Waals surface area (Å²) in [5.74, 6) is -0.208. The molecule has 1 saturated heterocycles. The van der Waals surface area contributed by atoms with Crippen molar-refractivity contribution in [3.8, 4) is 11.3 Å². The molecule has 0 radical (unpaired) electrons. The van der Waals surface area contributed by atoms with Crippen LogP contribution in [0.1, 0.15) is 32.1 Å². The molecule has 2 fully saturated rings. The van der Waals surface area contributed by atoms with Crippen molar-refractivity contribution in [1.29, 1.82) is 0 Å². The van der Waals surface area contributed by atoms with E-state index in [1.54, 1.807) is 0 Å². The third-order valence-corrected chi connectivity index (χ3v) is 6.77. The van der Waals surface area contributed by atoms with Crippen LogP contribution in [0.25, 0.3) is 22.2 Å². The topological polar surface area (TPSA) is 83.4 Å². The molecule has 1 spiro atoms. The predicted octanol–water partition coefficient (Wildman–Crippen LogP) is 3.68. The molecule has 1 aromatic heterocycles. The molecule has 0 atom stereocenters. The summed E-state index contributed by atoms with van der Waals surface area (Å²) in [6, 6.07) is 19.9. The number of imide groups is 1. The Morgan fingerprint density at radius 3 is 2.52 bits per heavy atom. The second-order valence-electron chi connectivity index (χ2n) is 8.92. The lowest BCUT2D eigenvalue weighted by atomic mass is 9.98. The second-order valence-corrected chi connectivity index (χ2v) is 8.92. The molecule has 2 aromatic carbocycles. The molecule has 7 heteroatoms. The molecule has 4 amide bonds. The van der Waals surface area contributed by atoms with Crippen LogP contribution in [0.4, 0.5) is 4.79 Å². The Kier molecular flexibility index (Phi) is 5.62. The van der Waals surface area contributed by atoms with Crippen LogP contribution in [-0.4, -0.2) is 45.9 Å². The van der Waals surface area contributed by atoms with Crippen LogP contribution in [-0.2, 0) is 16.1 Å². The van der Waals surface area contributed by atoms with Crippen LogP contribution < -0.4 is 10.6 Å². The van der Waals surface area contributed by atoms with Crippen molar-refractivity contribution in [2.24, 2.45) is 0 Å². The maximum Gasteiger partial charge on any atom is 0.325 e. The first-order valence-corrected chi connectivity index (χ1v) is 11.6. The molecular weight excluding hydrogens is 416 g/mol. The Morgan fingerprint density at radius 2 is 1.73 bits per heavy atom. The van der Waals surface area contributed by atoms with Crippen molar-refractivity contribution >= 4 is 28.7 Å². The number of nitrogens with zero attached hydrogens (tertiary/aromatic N) is 2. The van der Waals surface area contributed by atoms with Gasteiger partial charge in [0, 0.05) is 29.7 Å². The van der Waals surface area contributed by atoms with Gasteiger partial charge in [0.1, 0.15) is 12.1 Å². The second kappa shape index (κ2) is 8.73. The molecular formula is C26H28N4O3. The molecule has 170 valence electrons. The maximum atomic E-state index is 12.8. The average molecular weight is 445 g/mol. The van der Waals surface area contributed by atoms with E-state index in [1.807, 2.05) is 59.2 Å². The van der Waals surface area contributed by atoms with Gasteiger partial charge in [0.15, 0.2) is 0 Å². The zero-order chi connectivity index (χ0) is 22.8. The Hall–Kier alpha value is -3.61. The fourth-order valence-electron chi connectivity index (χ4n) is 5.09. The summed E-state index contributed by atoms with van der Waals surface area (Å²) in [6.45, 7) is 0.918. The molecule has 7 nitrogen and oxygen atoms in total. The highest BCUT2D eigenvalue weighted by atomic mass is 16.2. The number of rotatable bonds is 7. The summed E-state index contributed by atoms with van der Waals surface area (Å²) >= 11 is 0. The minimum Gasteiger partial charge on any atom is -0.354 e. The number of amides is 4. The molecule has 1 aliphatic carbocycles. The van der Waals surface area contributed by atoms with E-state index >= 15 is 0 Å². The molecule has 2 heterocycles. The minimum absolute atomic E-state index is 0.0991. The smallest absolute Gasteiger partial charge is 0.325 e. The summed E-state index contributed by atoms with van der Waals surface area (Å²) < 4.78 is 2.03. The van der Waals surface area contributed by atoms with Crippen molar-refractivity contribution in [3.63, 3.8) is 0 Å². The standard InChI is InChI=1S/C26H28N4O3/c31-23(27-15-8-16-29-24(32)26(28-25(29)33)13-6-7-14-26)18-30-21-12-5-4-11-20(21)17-22(30)19-9-2-1-3-10-19/h1-5,9-12,17H,6-8,13-16,18H2,(H,27,31)(H,28,33). The molecule has 2 aliphatic rings. The Morgan fingerprint density at radius 1 is 1.00 bits per heavy atom. The zero-order valence-corrected chi connectivity index (χ0v) is 18.5. The van der Waals surface area contributed by atoms with E-state index in [0.717, 1.165) is 47.8 Å². The van der Waals surface area contributed by atoms with Crippen molar-refractivity contribution < 1.29 is 14.4 Å². The van der Waals surface area contributed by atoms with Gasteiger partial charge in [-0.1, -0.05) is 61.4 Å². The number of urea groups is 1. The number of para-hydroxylation sites is 1. The van der Waals surface area contributed by atoms with E-state index in [1.165, 1.54) is 4.90 Å². The van der Waals surface area contributed by atoms with Crippen molar-refractivity contribution in [3.05, 3.63) is 60.7 Å².